The van der Waals surface area contributed by atoms with Gasteiger partial charge in [-0.2, -0.15) is 0 Å². The molecule has 3 N–H and O–H groups in total. The molecule has 0 aliphatic carbocycles. The summed E-state index contributed by atoms with van der Waals surface area (Å²) in [6.07, 6.45) is 0. The molecule has 0 saturated heterocycles. The first kappa shape index (κ1) is 15.1. The molecule has 0 saturated carbocycles. The second-order valence-electron chi connectivity index (χ2n) is 4.35. The van der Waals surface area contributed by atoms with Crippen molar-refractivity contribution in [1.82, 2.24) is 0 Å². The molecule has 0 aromatic heterocycles. The number of amides is 1. The number of anilines is 1. The van der Waals surface area contributed by atoms with E-state index in [0.29, 0.717) is 16.3 Å². The molecule has 0 fully saturated rings. The number of para-hydroxylation sites is 1. The van der Waals surface area contributed by atoms with Crippen LogP contribution in [-0.2, 0) is 4.79 Å². The number of methoxy groups -OCH3 is 1. The molecule has 0 aliphatic rings. The zero-order valence-electron chi connectivity index (χ0n) is 11.3. The van der Waals surface area contributed by atoms with E-state index in [9.17, 15) is 9.18 Å². The highest BCUT2D eigenvalue weighted by molar-refractivity contribution is 6.32. The Balaban J connectivity index is 2.34. The van der Waals surface area contributed by atoms with Crippen molar-refractivity contribution in [3.8, 4) is 5.75 Å². The summed E-state index contributed by atoms with van der Waals surface area (Å²) < 4.78 is 18.7. The topological polar surface area (TPSA) is 64.3 Å². The van der Waals surface area contributed by atoms with E-state index in [-0.39, 0.29) is 5.69 Å². The highest BCUT2D eigenvalue weighted by Gasteiger charge is 2.20. The van der Waals surface area contributed by atoms with Crippen LogP contribution in [0.5, 0.6) is 5.75 Å². The number of carbonyl (C=O) groups is 1. The lowest BCUT2D eigenvalue weighted by Gasteiger charge is -2.18. The number of primary amides is 1. The van der Waals surface area contributed by atoms with Crippen LogP contribution < -0.4 is 15.8 Å². The van der Waals surface area contributed by atoms with Gasteiger partial charge in [0.15, 0.2) is 0 Å². The van der Waals surface area contributed by atoms with Crippen LogP contribution in [0.2, 0.25) is 5.02 Å². The summed E-state index contributed by atoms with van der Waals surface area (Å²) >= 11 is 6.03. The van der Waals surface area contributed by atoms with Crippen molar-refractivity contribution in [2.24, 2.45) is 5.73 Å². The van der Waals surface area contributed by atoms with Crippen molar-refractivity contribution >= 4 is 23.2 Å². The average molecular weight is 309 g/mol. The molecule has 6 heteroatoms. The van der Waals surface area contributed by atoms with Crippen LogP contribution >= 0.6 is 11.6 Å². The molecule has 1 unspecified atom stereocenters. The van der Waals surface area contributed by atoms with Gasteiger partial charge in [0.2, 0.25) is 5.91 Å². The van der Waals surface area contributed by atoms with E-state index in [2.05, 4.69) is 5.32 Å². The standard InChI is InChI=1S/C15H14ClFN2O2/c1-21-13-7-6-9(8-10(13)16)14(15(18)20)19-12-5-3-2-4-11(12)17/h2-8,14,19H,1H3,(H2,18,20). The van der Waals surface area contributed by atoms with E-state index in [1.807, 2.05) is 0 Å². The molecule has 0 bridgehead atoms. The second-order valence-corrected chi connectivity index (χ2v) is 4.76. The van der Waals surface area contributed by atoms with Gasteiger partial charge in [0.05, 0.1) is 17.8 Å². The molecule has 4 nitrogen and oxygen atoms in total. The lowest BCUT2D eigenvalue weighted by Crippen LogP contribution is -2.28. The lowest BCUT2D eigenvalue weighted by atomic mass is 10.1. The Morgan fingerprint density at radius 3 is 2.62 bits per heavy atom. The summed E-state index contributed by atoms with van der Waals surface area (Å²) in [4.78, 5) is 11.6. The summed E-state index contributed by atoms with van der Waals surface area (Å²) in [5.74, 6) is -0.627. The van der Waals surface area contributed by atoms with E-state index in [0.717, 1.165) is 0 Å². The molecular weight excluding hydrogens is 295 g/mol. The van der Waals surface area contributed by atoms with Gasteiger partial charge < -0.3 is 15.8 Å². The highest BCUT2D eigenvalue weighted by atomic mass is 35.5. The van der Waals surface area contributed by atoms with Crippen LogP contribution in [0.1, 0.15) is 11.6 Å². The Morgan fingerprint density at radius 1 is 1.33 bits per heavy atom. The van der Waals surface area contributed by atoms with E-state index in [1.165, 1.54) is 19.2 Å². The van der Waals surface area contributed by atoms with Gasteiger partial charge in [0.25, 0.3) is 0 Å². The summed E-state index contributed by atoms with van der Waals surface area (Å²) in [5.41, 5.74) is 6.10. The number of hydrogen-bond donors (Lipinski definition) is 2. The number of carbonyl (C=O) groups excluding carboxylic acids is 1. The maximum atomic E-state index is 13.7. The minimum absolute atomic E-state index is 0.188. The predicted octanol–water partition coefficient (Wildman–Crippen LogP) is 3.13. The van der Waals surface area contributed by atoms with Gasteiger partial charge in [-0.15, -0.1) is 0 Å². The molecule has 1 atom stereocenters. The Labute approximate surface area is 126 Å². The highest BCUT2D eigenvalue weighted by Crippen LogP contribution is 2.29. The number of halogens is 2. The lowest BCUT2D eigenvalue weighted by molar-refractivity contribution is -0.118. The number of rotatable bonds is 5. The fourth-order valence-electron chi connectivity index (χ4n) is 1.91. The predicted molar refractivity (Wildman–Crippen MR) is 80.0 cm³/mol. The van der Waals surface area contributed by atoms with Crippen LogP contribution in [-0.4, -0.2) is 13.0 Å². The summed E-state index contributed by atoms with van der Waals surface area (Å²) in [6, 6.07) is 9.96. The van der Waals surface area contributed by atoms with Gasteiger partial charge in [-0.3, -0.25) is 4.79 Å². The van der Waals surface area contributed by atoms with Crippen molar-refractivity contribution in [2.45, 2.75) is 6.04 Å². The van der Waals surface area contributed by atoms with Gasteiger partial charge in [-0.1, -0.05) is 29.8 Å². The molecule has 2 aromatic carbocycles. The van der Waals surface area contributed by atoms with Crippen molar-refractivity contribution in [3.05, 3.63) is 58.9 Å². The Kier molecular flexibility index (Phi) is 4.65. The maximum Gasteiger partial charge on any atom is 0.244 e. The first-order valence-electron chi connectivity index (χ1n) is 6.16. The van der Waals surface area contributed by atoms with Gasteiger partial charge in [-0.25, -0.2) is 4.39 Å². The van der Waals surface area contributed by atoms with Crippen LogP contribution in [0.3, 0.4) is 0 Å². The van der Waals surface area contributed by atoms with Gasteiger partial charge in [-0.05, 0) is 29.8 Å². The third kappa shape index (κ3) is 3.44. The Bertz CT molecular complexity index is 664. The molecule has 0 spiro atoms. The van der Waals surface area contributed by atoms with Crippen LogP contribution in [0.25, 0.3) is 0 Å². The number of ether oxygens (including phenoxy) is 1. The third-order valence-corrected chi connectivity index (χ3v) is 3.26. The van der Waals surface area contributed by atoms with E-state index in [1.54, 1.807) is 30.3 Å². The van der Waals surface area contributed by atoms with Gasteiger partial charge in [0.1, 0.15) is 17.6 Å². The SMILES string of the molecule is COc1ccc(C(Nc2ccccc2F)C(N)=O)cc1Cl. The summed E-state index contributed by atoms with van der Waals surface area (Å²) in [5, 5.41) is 3.12. The van der Waals surface area contributed by atoms with Crippen LogP contribution in [0.4, 0.5) is 10.1 Å². The monoisotopic (exact) mass is 308 g/mol. The van der Waals surface area contributed by atoms with Crippen LogP contribution in [0.15, 0.2) is 42.5 Å². The normalized spacial score (nSPS) is 11.8. The third-order valence-electron chi connectivity index (χ3n) is 2.97. The van der Waals surface area contributed by atoms with E-state index >= 15 is 0 Å². The van der Waals surface area contributed by atoms with E-state index < -0.39 is 17.8 Å². The molecule has 110 valence electrons. The number of hydrogen-bond acceptors (Lipinski definition) is 3. The number of nitrogens with one attached hydrogen (secondary N) is 1. The number of nitrogens with two attached hydrogens (primary N) is 1. The molecule has 21 heavy (non-hydrogen) atoms. The fraction of sp³-hybridized carbons (Fsp3) is 0.133. The van der Waals surface area contributed by atoms with Crippen LogP contribution in [0, 0.1) is 5.82 Å². The quantitative estimate of drug-likeness (QED) is 0.892. The fourth-order valence-corrected chi connectivity index (χ4v) is 2.18. The van der Waals surface area contributed by atoms with Crippen molar-refractivity contribution in [1.29, 1.82) is 0 Å². The molecule has 2 rings (SSSR count). The number of benzene rings is 2. The van der Waals surface area contributed by atoms with Crippen molar-refractivity contribution in [3.63, 3.8) is 0 Å². The summed E-state index contributed by atoms with van der Waals surface area (Å²) in [6.45, 7) is 0. The maximum absolute atomic E-state index is 13.7. The molecular formula is C15H14ClFN2O2. The molecule has 2 aromatic rings. The molecule has 0 heterocycles. The van der Waals surface area contributed by atoms with Gasteiger partial charge in [0, 0.05) is 0 Å². The Hall–Kier alpha value is -2.27. The smallest absolute Gasteiger partial charge is 0.244 e. The largest absolute Gasteiger partial charge is 0.495 e. The molecule has 1 amide bonds. The molecule has 0 radical (unpaired) electrons. The minimum Gasteiger partial charge on any atom is -0.495 e. The van der Waals surface area contributed by atoms with Crippen molar-refractivity contribution in [2.75, 3.05) is 12.4 Å². The summed E-state index contributed by atoms with van der Waals surface area (Å²) in [7, 11) is 1.49. The Morgan fingerprint density at radius 2 is 2.05 bits per heavy atom. The first-order valence-corrected chi connectivity index (χ1v) is 6.54. The zero-order chi connectivity index (χ0) is 15.4. The zero-order valence-corrected chi connectivity index (χ0v) is 12.0. The van der Waals surface area contributed by atoms with Gasteiger partial charge >= 0.3 is 0 Å². The van der Waals surface area contributed by atoms with Crippen molar-refractivity contribution < 1.29 is 13.9 Å². The first-order chi connectivity index (χ1) is 10.0. The minimum atomic E-state index is -0.898. The second kappa shape index (κ2) is 6.45. The van der Waals surface area contributed by atoms with E-state index in [4.69, 9.17) is 22.1 Å². The average Bonchev–Trinajstić information content (AvgIpc) is 2.46. The molecule has 0 aliphatic heterocycles.